The van der Waals surface area contributed by atoms with Gasteiger partial charge in [0.15, 0.2) is 4.34 Å². The Morgan fingerprint density at radius 2 is 1.74 bits per heavy atom. The number of ketones is 1. The molecule has 1 aliphatic rings. The molecule has 1 unspecified atom stereocenters. The largest absolute Gasteiger partial charge is 0.507 e. The van der Waals surface area contributed by atoms with Crippen LogP contribution in [0.15, 0.2) is 81.1 Å². The molecule has 1 N–H and O–H groups in total. The number of rotatable bonds is 6. The standard InChI is InChI=1S/C27H18BrCl2N3O3S2/c1-14-2-4-15(5-3-14)13-37-27-32-31-26(38-27)33-22(17-8-11-19(29)20(30)12-17)21(24(35)25(33)36)23(34)16-6-9-18(28)10-7-16/h2-12,22,34H,13H2,1H3/b23-21-. The molecule has 1 fully saturated rings. The number of amides is 1. The Balaban J connectivity index is 1.55. The van der Waals surface area contributed by atoms with E-state index in [9.17, 15) is 14.7 Å². The smallest absolute Gasteiger partial charge is 0.301 e. The van der Waals surface area contributed by atoms with Crippen LogP contribution in [0.3, 0.4) is 0 Å². The predicted octanol–water partition coefficient (Wildman–Crippen LogP) is 7.83. The first-order valence-corrected chi connectivity index (χ1v) is 14.6. The number of nitrogens with zero attached hydrogens (tertiary/aromatic N) is 3. The molecule has 3 aromatic carbocycles. The summed E-state index contributed by atoms with van der Waals surface area (Å²) in [5.41, 5.74) is 3.13. The zero-order chi connectivity index (χ0) is 27.0. The average molecular weight is 647 g/mol. The van der Waals surface area contributed by atoms with Gasteiger partial charge in [-0.15, -0.1) is 10.2 Å². The number of carbonyl (C=O) groups is 2. The summed E-state index contributed by atoms with van der Waals surface area (Å²) in [6.07, 6.45) is 0. The van der Waals surface area contributed by atoms with Crippen molar-refractivity contribution in [2.24, 2.45) is 0 Å². The molecule has 1 atom stereocenters. The van der Waals surface area contributed by atoms with Gasteiger partial charge in [0.25, 0.3) is 5.78 Å². The van der Waals surface area contributed by atoms with E-state index in [1.54, 1.807) is 42.5 Å². The molecule has 4 aromatic rings. The van der Waals surface area contributed by atoms with Crippen LogP contribution in [0.1, 0.15) is 28.3 Å². The first-order valence-electron chi connectivity index (χ1n) is 11.3. The third kappa shape index (κ3) is 5.39. The van der Waals surface area contributed by atoms with E-state index in [0.29, 0.717) is 26.2 Å². The van der Waals surface area contributed by atoms with Crippen molar-refractivity contribution in [3.05, 3.63) is 109 Å². The van der Waals surface area contributed by atoms with Gasteiger partial charge in [0.2, 0.25) is 5.13 Å². The fraction of sp³-hybridized carbons (Fsp3) is 0.111. The van der Waals surface area contributed by atoms with E-state index in [4.69, 9.17) is 23.2 Å². The molecule has 1 amide bonds. The highest BCUT2D eigenvalue weighted by Gasteiger charge is 2.48. The lowest BCUT2D eigenvalue weighted by Gasteiger charge is -2.22. The first-order chi connectivity index (χ1) is 18.2. The minimum Gasteiger partial charge on any atom is -0.507 e. The van der Waals surface area contributed by atoms with E-state index < -0.39 is 17.7 Å². The molecular weight excluding hydrogens is 629 g/mol. The van der Waals surface area contributed by atoms with Gasteiger partial charge in [-0.1, -0.05) is 110 Å². The summed E-state index contributed by atoms with van der Waals surface area (Å²) in [6.45, 7) is 2.03. The van der Waals surface area contributed by atoms with E-state index in [0.717, 1.165) is 10.0 Å². The second kappa shape index (κ2) is 11.2. The number of aromatic nitrogens is 2. The van der Waals surface area contributed by atoms with Gasteiger partial charge in [-0.3, -0.25) is 14.5 Å². The number of aliphatic hydroxyl groups is 1. The summed E-state index contributed by atoms with van der Waals surface area (Å²) in [5.74, 6) is -1.27. The second-order valence-electron chi connectivity index (χ2n) is 8.47. The maximum absolute atomic E-state index is 13.4. The summed E-state index contributed by atoms with van der Waals surface area (Å²) in [5, 5.41) is 20.5. The third-order valence-electron chi connectivity index (χ3n) is 5.91. The molecule has 1 saturated heterocycles. The second-order valence-corrected chi connectivity index (χ2v) is 12.4. The van der Waals surface area contributed by atoms with Crippen LogP contribution in [0.25, 0.3) is 5.76 Å². The first kappa shape index (κ1) is 26.9. The summed E-state index contributed by atoms with van der Waals surface area (Å²) in [4.78, 5) is 27.9. The monoisotopic (exact) mass is 645 g/mol. The van der Waals surface area contributed by atoms with Gasteiger partial charge in [0.05, 0.1) is 21.7 Å². The van der Waals surface area contributed by atoms with Crippen LogP contribution >= 0.6 is 62.2 Å². The van der Waals surface area contributed by atoms with E-state index >= 15 is 0 Å². The van der Waals surface area contributed by atoms with Gasteiger partial charge in [0, 0.05) is 15.8 Å². The number of carbonyl (C=O) groups excluding carboxylic acids is 2. The average Bonchev–Trinajstić information content (AvgIpc) is 3.47. The van der Waals surface area contributed by atoms with E-state index in [2.05, 4.69) is 38.3 Å². The van der Waals surface area contributed by atoms with Crippen molar-refractivity contribution in [1.29, 1.82) is 0 Å². The molecule has 5 rings (SSSR count). The Labute approximate surface area is 245 Å². The number of hydrogen-bond donors (Lipinski definition) is 1. The Kier molecular flexibility index (Phi) is 7.93. The molecule has 0 radical (unpaired) electrons. The lowest BCUT2D eigenvalue weighted by atomic mass is 9.95. The van der Waals surface area contributed by atoms with E-state index in [1.807, 2.05) is 19.1 Å². The Morgan fingerprint density at radius 1 is 1.03 bits per heavy atom. The van der Waals surface area contributed by atoms with E-state index in [-0.39, 0.29) is 21.5 Å². The highest BCUT2D eigenvalue weighted by molar-refractivity contribution is 9.10. The summed E-state index contributed by atoms with van der Waals surface area (Å²) < 4.78 is 1.45. The summed E-state index contributed by atoms with van der Waals surface area (Å²) >= 11 is 18.5. The molecule has 0 spiro atoms. The number of aryl methyl sites for hydroxylation is 1. The molecule has 0 bridgehead atoms. The predicted molar refractivity (Wildman–Crippen MR) is 156 cm³/mol. The maximum atomic E-state index is 13.4. The minimum atomic E-state index is -0.976. The number of Topliss-reactive ketones (excluding diaryl/α,β-unsaturated/α-hetero) is 1. The van der Waals surface area contributed by atoms with Crippen LogP contribution in [0.4, 0.5) is 5.13 Å². The van der Waals surface area contributed by atoms with Crippen LogP contribution in [0, 0.1) is 6.92 Å². The lowest BCUT2D eigenvalue weighted by molar-refractivity contribution is -0.132. The fourth-order valence-corrected chi connectivity index (χ4v) is 6.37. The van der Waals surface area contributed by atoms with Crippen molar-refractivity contribution in [1.82, 2.24) is 10.2 Å². The molecule has 0 aliphatic carbocycles. The van der Waals surface area contributed by atoms with Crippen molar-refractivity contribution in [2.75, 3.05) is 4.90 Å². The highest BCUT2D eigenvalue weighted by Crippen LogP contribution is 2.45. The molecular formula is C27H18BrCl2N3O3S2. The number of anilines is 1. The van der Waals surface area contributed by atoms with Crippen molar-refractivity contribution >= 4 is 84.8 Å². The van der Waals surface area contributed by atoms with Gasteiger partial charge in [0.1, 0.15) is 5.76 Å². The van der Waals surface area contributed by atoms with Gasteiger partial charge in [-0.25, -0.2) is 0 Å². The van der Waals surface area contributed by atoms with Crippen LogP contribution in [-0.2, 0) is 15.3 Å². The van der Waals surface area contributed by atoms with Crippen molar-refractivity contribution in [3.8, 4) is 0 Å². The number of aliphatic hydroxyl groups excluding tert-OH is 1. The maximum Gasteiger partial charge on any atom is 0.301 e. The number of thioether (sulfide) groups is 1. The van der Waals surface area contributed by atoms with Gasteiger partial charge in [-0.05, 0) is 42.3 Å². The summed E-state index contributed by atoms with van der Waals surface area (Å²) in [7, 11) is 0. The molecule has 0 saturated carbocycles. The molecule has 192 valence electrons. The van der Waals surface area contributed by atoms with Gasteiger partial charge in [-0.2, -0.15) is 0 Å². The number of halogens is 3. The van der Waals surface area contributed by atoms with Crippen molar-refractivity contribution < 1.29 is 14.7 Å². The van der Waals surface area contributed by atoms with Crippen LogP contribution in [-0.4, -0.2) is 27.0 Å². The van der Waals surface area contributed by atoms with Gasteiger partial charge >= 0.3 is 5.91 Å². The molecule has 2 heterocycles. The molecule has 6 nitrogen and oxygen atoms in total. The third-order valence-corrected chi connectivity index (χ3v) is 9.30. The summed E-state index contributed by atoms with van der Waals surface area (Å²) in [6, 6.07) is 18.8. The van der Waals surface area contributed by atoms with Crippen molar-refractivity contribution in [3.63, 3.8) is 0 Å². The minimum absolute atomic E-state index is 0.0697. The lowest BCUT2D eigenvalue weighted by Crippen LogP contribution is -2.29. The van der Waals surface area contributed by atoms with E-state index in [1.165, 1.54) is 33.6 Å². The quantitative estimate of drug-likeness (QED) is 0.0756. The number of hydrogen-bond acceptors (Lipinski definition) is 7. The zero-order valence-electron chi connectivity index (χ0n) is 19.7. The molecule has 38 heavy (non-hydrogen) atoms. The van der Waals surface area contributed by atoms with Gasteiger partial charge < -0.3 is 5.11 Å². The van der Waals surface area contributed by atoms with Crippen LogP contribution in [0.5, 0.6) is 0 Å². The fourth-order valence-electron chi connectivity index (χ4n) is 3.98. The molecule has 1 aliphatic heterocycles. The highest BCUT2D eigenvalue weighted by atomic mass is 79.9. The number of benzene rings is 3. The molecule has 1 aromatic heterocycles. The Bertz CT molecular complexity index is 1570. The normalized spacial score (nSPS) is 16.8. The van der Waals surface area contributed by atoms with Crippen LogP contribution in [0.2, 0.25) is 10.0 Å². The topological polar surface area (TPSA) is 83.4 Å². The Hall–Kier alpha value is -2.69. The van der Waals surface area contributed by atoms with Crippen LogP contribution < -0.4 is 4.90 Å². The SMILES string of the molecule is Cc1ccc(CSc2nnc(N3C(=O)C(=O)/C(=C(\O)c4ccc(Br)cc4)C3c3ccc(Cl)c(Cl)c3)s2)cc1. The molecule has 11 heteroatoms. The Morgan fingerprint density at radius 3 is 2.42 bits per heavy atom. The van der Waals surface area contributed by atoms with Crippen molar-refractivity contribution in [2.45, 2.75) is 23.1 Å². The zero-order valence-corrected chi connectivity index (χ0v) is 24.4.